The average Bonchev–Trinajstić information content (AvgIpc) is 3.23. The van der Waals surface area contributed by atoms with Crippen LogP contribution < -0.4 is 10.1 Å². The summed E-state index contributed by atoms with van der Waals surface area (Å²) in [7, 11) is 1.51. The number of fused-ring (bicyclic) bond motifs is 1. The number of anilines is 1. The molecule has 0 fully saturated rings. The van der Waals surface area contributed by atoms with E-state index in [4.69, 9.17) is 4.74 Å². The fourth-order valence-electron chi connectivity index (χ4n) is 3.35. The van der Waals surface area contributed by atoms with E-state index in [0.29, 0.717) is 28.5 Å². The van der Waals surface area contributed by atoms with E-state index in [2.05, 4.69) is 20.5 Å². The quantitative estimate of drug-likeness (QED) is 0.527. The van der Waals surface area contributed by atoms with Crippen LogP contribution in [0.25, 0.3) is 16.8 Å². The van der Waals surface area contributed by atoms with E-state index in [9.17, 15) is 8.78 Å². The van der Waals surface area contributed by atoms with E-state index in [-0.39, 0.29) is 12.4 Å². The van der Waals surface area contributed by atoms with Gasteiger partial charge in [0.15, 0.2) is 5.65 Å². The third-order valence-corrected chi connectivity index (χ3v) is 4.92. The van der Waals surface area contributed by atoms with Gasteiger partial charge in [0.2, 0.25) is 0 Å². The Hall–Kier alpha value is -3.55. The molecule has 1 aromatic carbocycles. The molecule has 0 aliphatic carbocycles. The van der Waals surface area contributed by atoms with Crippen molar-refractivity contribution in [1.82, 2.24) is 19.6 Å². The number of aromatic nitrogens is 4. The summed E-state index contributed by atoms with van der Waals surface area (Å²) in [5.41, 5.74) is 3.84. The van der Waals surface area contributed by atoms with Gasteiger partial charge in [-0.15, -0.1) is 10.2 Å². The monoisotopic (exact) mass is 395 g/mol. The number of methoxy groups -OCH3 is 1. The first kappa shape index (κ1) is 18.8. The summed E-state index contributed by atoms with van der Waals surface area (Å²) in [6.45, 7) is 1.43. The van der Waals surface area contributed by atoms with Crippen LogP contribution in [-0.2, 0) is 13.2 Å². The lowest BCUT2D eigenvalue weighted by atomic mass is 10.0. The number of hydrogen-bond acceptors (Lipinski definition) is 5. The van der Waals surface area contributed by atoms with E-state index < -0.39 is 6.67 Å². The van der Waals surface area contributed by atoms with Crippen LogP contribution in [0.5, 0.6) is 5.75 Å². The Morgan fingerprint density at radius 3 is 2.79 bits per heavy atom. The molecule has 3 heterocycles. The fourth-order valence-corrected chi connectivity index (χ4v) is 3.35. The van der Waals surface area contributed by atoms with E-state index in [1.807, 2.05) is 25.1 Å². The predicted molar refractivity (Wildman–Crippen MR) is 106 cm³/mol. The lowest BCUT2D eigenvalue weighted by molar-refractivity contribution is 0.405. The van der Waals surface area contributed by atoms with Crippen LogP contribution in [0.3, 0.4) is 0 Å². The second kappa shape index (κ2) is 7.83. The number of halogens is 2. The second-order valence-electron chi connectivity index (χ2n) is 6.49. The number of pyridine rings is 2. The minimum Gasteiger partial charge on any atom is -0.496 e. The zero-order valence-electron chi connectivity index (χ0n) is 16.0. The Morgan fingerprint density at radius 1 is 1.14 bits per heavy atom. The Labute approximate surface area is 166 Å². The average molecular weight is 395 g/mol. The van der Waals surface area contributed by atoms with Gasteiger partial charge in [-0.3, -0.25) is 9.38 Å². The number of alkyl halides is 1. The molecule has 1 N–H and O–H groups in total. The Balaban J connectivity index is 1.71. The van der Waals surface area contributed by atoms with E-state index in [1.54, 1.807) is 29.1 Å². The number of rotatable bonds is 6. The molecule has 29 heavy (non-hydrogen) atoms. The number of ether oxygens (including phenoxy) is 1. The molecule has 0 aliphatic heterocycles. The topological polar surface area (TPSA) is 64.3 Å². The highest BCUT2D eigenvalue weighted by Crippen LogP contribution is 2.30. The van der Waals surface area contributed by atoms with Gasteiger partial charge in [0.25, 0.3) is 0 Å². The molecular formula is C21H19F2N5O. The lowest BCUT2D eigenvalue weighted by Crippen LogP contribution is -2.07. The number of hydrogen-bond donors (Lipinski definition) is 1. The van der Waals surface area contributed by atoms with Crippen LogP contribution in [0.15, 0.2) is 48.9 Å². The molecular weight excluding hydrogens is 376 g/mol. The molecule has 148 valence electrons. The van der Waals surface area contributed by atoms with Crippen molar-refractivity contribution in [2.75, 3.05) is 12.4 Å². The van der Waals surface area contributed by atoms with Gasteiger partial charge in [-0.05, 0) is 48.4 Å². The normalized spacial score (nSPS) is 11.0. The van der Waals surface area contributed by atoms with Crippen molar-refractivity contribution in [2.45, 2.75) is 20.1 Å². The summed E-state index contributed by atoms with van der Waals surface area (Å²) in [5.74, 6) is 0.816. The maximum Gasteiger partial charge on any atom is 0.170 e. The first-order valence-electron chi connectivity index (χ1n) is 9.03. The Morgan fingerprint density at radius 2 is 2.00 bits per heavy atom. The highest BCUT2D eigenvalue weighted by Gasteiger charge is 2.15. The Kier molecular flexibility index (Phi) is 5.07. The minimum atomic E-state index is -0.632. The van der Waals surface area contributed by atoms with E-state index >= 15 is 0 Å². The van der Waals surface area contributed by atoms with Gasteiger partial charge in [0, 0.05) is 23.9 Å². The van der Waals surface area contributed by atoms with Crippen LogP contribution >= 0.6 is 0 Å². The summed E-state index contributed by atoms with van der Waals surface area (Å²) in [6, 6.07) is 10.3. The molecule has 3 aromatic heterocycles. The maximum atomic E-state index is 14.2. The van der Waals surface area contributed by atoms with Crippen molar-refractivity contribution in [3.05, 3.63) is 71.6 Å². The smallest absolute Gasteiger partial charge is 0.170 e. The summed E-state index contributed by atoms with van der Waals surface area (Å²) in [4.78, 5) is 4.08. The first-order valence-corrected chi connectivity index (χ1v) is 9.03. The van der Waals surface area contributed by atoms with E-state index in [1.165, 1.54) is 13.2 Å². The van der Waals surface area contributed by atoms with Crippen LogP contribution in [0.4, 0.5) is 14.6 Å². The molecule has 8 heteroatoms. The standard InChI is InChI=1S/C21H19F2N5O/c1-13-14(8-9-24-18(13)10-22)15-6-7-20(28-12-26-27-21(15)28)25-11-16-17(23)4-3-5-19(16)29-2/h3-9,12,25H,10-11H2,1-2H3. The lowest BCUT2D eigenvalue weighted by Gasteiger charge is -2.14. The summed E-state index contributed by atoms with van der Waals surface area (Å²) >= 11 is 0. The summed E-state index contributed by atoms with van der Waals surface area (Å²) < 4.78 is 34.4. The fraction of sp³-hybridized carbons (Fsp3) is 0.190. The molecule has 0 amide bonds. The highest BCUT2D eigenvalue weighted by molar-refractivity contribution is 5.81. The third-order valence-electron chi connectivity index (χ3n) is 4.92. The van der Waals surface area contributed by atoms with E-state index in [0.717, 1.165) is 16.7 Å². The van der Waals surface area contributed by atoms with Gasteiger partial charge in [-0.1, -0.05) is 6.07 Å². The highest BCUT2D eigenvalue weighted by atomic mass is 19.1. The number of nitrogens with one attached hydrogen (secondary N) is 1. The Bertz CT molecular complexity index is 1180. The van der Waals surface area contributed by atoms with Crippen LogP contribution in [0.2, 0.25) is 0 Å². The largest absolute Gasteiger partial charge is 0.496 e. The molecule has 0 unspecified atom stereocenters. The van der Waals surface area contributed by atoms with Gasteiger partial charge in [-0.2, -0.15) is 0 Å². The van der Waals surface area contributed by atoms with Crippen molar-refractivity contribution in [1.29, 1.82) is 0 Å². The van der Waals surface area contributed by atoms with Crippen LogP contribution in [0, 0.1) is 12.7 Å². The molecule has 0 saturated heterocycles. The predicted octanol–water partition coefficient (Wildman–Crippen LogP) is 4.33. The molecule has 0 radical (unpaired) electrons. The molecule has 0 bridgehead atoms. The van der Waals surface area contributed by atoms with Gasteiger partial charge in [0.05, 0.1) is 12.8 Å². The minimum absolute atomic E-state index is 0.225. The van der Waals surface area contributed by atoms with Gasteiger partial charge in [0.1, 0.15) is 30.4 Å². The SMILES string of the molecule is COc1cccc(F)c1CNc1ccc(-c2ccnc(CF)c2C)c2nncn12. The number of nitrogens with zero attached hydrogens (tertiary/aromatic N) is 4. The molecule has 0 spiro atoms. The molecule has 6 nitrogen and oxygen atoms in total. The maximum absolute atomic E-state index is 14.2. The molecule has 4 aromatic rings. The van der Waals surface area contributed by atoms with Gasteiger partial charge < -0.3 is 10.1 Å². The van der Waals surface area contributed by atoms with Crippen molar-refractivity contribution in [2.24, 2.45) is 0 Å². The summed E-state index contributed by atoms with van der Waals surface area (Å²) in [6.07, 6.45) is 3.16. The zero-order chi connectivity index (χ0) is 20.4. The van der Waals surface area contributed by atoms with Gasteiger partial charge in [-0.25, -0.2) is 8.78 Å². The third kappa shape index (κ3) is 3.37. The van der Waals surface area contributed by atoms with Crippen molar-refractivity contribution >= 4 is 11.5 Å². The molecule has 0 atom stereocenters. The van der Waals surface area contributed by atoms with Crippen LogP contribution in [-0.4, -0.2) is 26.7 Å². The first-order chi connectivity index (χ1) is 14.1. The summed E-state index contributed by atoms with van der Waals surface area (Å²) in [5, 5.41) is 11.4. The molecule has 0 aliphatic rings. The number of benzene rings is 1. The van der Waals surface area contributed by atoms with Crippen molar-refractivity contribution in [3.8, 4) is 16.9 Å². The molecule has 0 saturated carbocycles. The second-order valence-corrected chi connectivity index (χ2v) is 6.49. The zero-order valence-corrected chi connectivity index (χ0v) is 16.0. The van der Waals surface area contributed by atoms with Crippen molar-refractivity contribution in [3.63, 3.8) is 0 Å². The van der Waals surface area contributed by atoms with Crippen LogP contribution in [0.1, 0.15) is 16.8 Å². The molecule has 4 rings (SSSR count). The van der Waals surface area contributed by atoms with Crippen molar-refractivity contribution < 1.29 is 13.5 Å². The van der Waals surface area contributed by atoms with Gasteiger partial charge >= 0.3 is 0 Å².